The van der Waals surface area contributed by atoms with Crippen molar-refractivity contribution in [1.82, 2.24) is 15.3 Å². The lowest BCUT2D eigenvalue weighted by Gasteiger charge is -2.38. The lowest BCUT2D eigenvalue weighted by atomic mass is 9.77. The molecule has 1 aliphatic rings. The van der Waals surface area contributed by atoms with E-state index in [9.17, 15) is 4.79 Å². The first-order chi connectivity index (χ1) is 9.96. The Morgan fingerprint density at radius 3 is 2.48 bits per heavy atom. The second kappa shape index (κ2) is 6.26. The van der Waals surface area contributed by atoms with E-state index in [1.54, 1.807) is 6.07 Å². The van der Waals surface area contributed by atoms with Crippen LogP contribution in [0.5, 0.6) is 11.8 Å². The summed E-state index contributed by atoms with van der Waals surface area (Å²) in [6.07, 6.45) is 2.07. The second-order valence-corrected chi connectivity index (χ2v) is 5.74. The molecule has 1 unspecified atom stereocenters. The summed E-state index contributed by atoms with van der Waals surface area (Å²) in [5, 5.41) is 5.99. The first kappa shape index (κ1) is 15.5. The molecule has 1 atom stereocenters. The Labute approximate surface area is 124 Å². The molecule has 7 heteroatoms. The van der Waals surface area contributed by atoms with E-state index in [1.807, 2.05) is 0 Å². The van der Waals surface area contributed by atoms with Crippen LogP contribution in [-0.4, -0.2) is 42.7 Å². The molecule has 0 bridgehead atoms. The van der Waals surface area contributed by atoms with Gasteiger partial charge in [-0.15, -0.1) is 0 Å². The van der Waals surface area contributed by atoms with Crippen LogP contribution in [-0.2, 0) is 4.79 Å². The highest BCUT2D eigenvalue weighted by Gasteiger charge is 2.37. The lowest BCUT2D eigenvalue weighted by molar-refractivity contribution is -0.121. The van der Waals surface area contributed by atoms with Gasteiger partial charge in [0.15, 0.2) is 0 Å². The van der Waals surface area contributed by atoms with Crippen LogP contribution in [0, 0.1) is 5.41 Å². The van der Waals surface area contributed by atoms with Crippen LogP contribution in [0.15, 0.2) is 6.07 Å². The molecule has 1 saturated heterocycles. The molecular weight excluding hydrogens is 272 g/mol. The topological polar surface area (TPSA) is 85.4 Å². The van der Waals surface area contributed by atoms with Gasteiger partial charge in [-0.2, -0.15) is 9.97 Å². The number of hydrogen-bond donors (Lipinski definition) is 2. The first-order valence-corrected chi connectivity index (χ1v) is 6.97. The number of nitrogens with zero attached hydrogens (tertiary/aromatic N) is 2. The van der Waals surface area contributed by atoms with Crippen LogP contribution in [0.25, 0.3) is 0 Å². The smallest absolute Gasteiger partial charge is 0.244 e. The predicted octanol–water partition coefficient (Wildman–Crippen LogP) is 1.21. The highest BCUT2D eigenvalue weighted by atomic mass is 16.5. The number of carbonyl (C=O) groups excluding carboxylic acids is 1. The molecule has 1 aromatic rings. The third kappa shape index (κ3) is 3.60. The van der Waals surface area contributed by atoms with Gasteiger partial charge in [0.2, 0.25) is 23.6 Å². The van der Waals surface area contributed by atoms with Gasteiger partial charge in [0.1, 0.15) is 0 Å². The van der Waals surface area contributed by atoms with Gasteiger partial charge < -0.3 is 14.8 Å². The highest BCUT2D eigenvalue weighted by molar-refractivity contribution is 5.94. The average Bonchev–Trinajstić information content (AvgIpc) is 2.46. The van der Waals surface area contributed by atoms with Crippen molar-refractivity contribution in [3.63, 3.8) is 0 Å². The number of hydrogen-bond acceptors (Lipinski definition) is 6. The predicted molar refractivity (Wildman–Crippen MR) is 78.6 cm³/mol. The van der Waals surface area contributed by atoms with E-state index in [1.165, 1.54) is 14.2 Å². The second-order valence-electron chi connectivity index (χ2n) is 5.74. The van der Waals surface area contributed by atoms with E-state index < -0.39 is 0 Å². The van der Waals surface area contributed by atoms with E-state index in [4.69, 9.17) is 9.47 Å². The van der Waals surface area contributed by atoms with Crippen molar-refractivity contribution in [3.8, 4) is 11.8 Å². The molecule has 2 rings (SSSR count). The minimum absolute atomic E-state index is 0.106. The Balaban J connectivity index is 2.15. The minimum Gasteiger partial charge on any atom is -0.481 e. The summed E-state index contributed by atoms with van der Waals surface area (Å²) in [5.74, 6) is 0.718. The van der Waals surface area contributed by atoms with Crippen LogP contribution in [0.4, 0.5) is 5.95 Å². The van der Waals surface area contributed by atoms with Gasteiger partial charge in [-0.3, -0.25) is 10.1 Å². The molecule has 2 N–H and O–H groups in total. The molecule has 0 spiro atoms. The van der Waals surface area contributed by atoms with Gasteiger partial charge in [0.25, 0.3) is 0 Å². The fourth-order valence-corrected chi connectivity index (χ4v) is 2.51. The zero-order chi connectivity index (χ0) is 15.5. The van der Waals surface area contributed by atoms with Crippen molar-refractivity contribution in [1.29, 1.82) is 0 Å². The summed E-state index contributed by atoms with van der Waals surface area (Å²) in [4.78, 5) is 20.7. The fraction of sp³-hybridized carbons (Fsp3) is 0.643. The molecule has 1 fully saturated rings. The number of ether oxygens (including phenoxy) is 2. The highest BCUT2D eigenvalue weighted by Crippen LogP contribution is 2.30. The molecule has 116 valence electrons. The normalized spacial score (nSPS) is 20.7. The third-order valence-corrected chi connectivity index (χ3v) is 3.72. The van der Waals surface area contributed by atoms with Gasteiger partial charge in [-0.05, 0) is 24.8 Å². The Bertz CT molecular complexity index is 497. The third-order valence-electron chi connectivity index (χ3n) is 3.72. The van der Waals surface area contributed by atoms with Gasteiger partial charge in [-0.1, -0.05) is 13.8 Å². The summed E-state index contributed by atoms with van der Waals surface area (Å²) in [6.45, 7) is 5.00. The van der Waals surface area contributed by atoms with Crippen LogP contribution >= 0.6 is 0 Å². The monoisotopic (exact) mass is 294 g/mol. The summed E-state index contributed by atoms with van der Waals surface area (Å²) >= 11 is 0. The van der Waals surface area contributed by atoms with E-state index in [0.717, 1.165) is 19.4 Å². The van der Waals surface area contributed by atoms with Gasteiger partial charge in [0.05, 0.1) is 26.3 Å². The van der Waals surface area contributed by atoms with Crippen molar-refractivity contribution in [3.05, 3.63) is 6.07 Å². The Morgan fingerprint density at radius 1 is 1.33 bits per heavy atom. The number of piperidine rings is 1. The summed E-state index contributed by atoms with van der Waals surface area (Å²) in [6, 6.07) is 1.28. The largest absolute Gasteiger partial charge is 0.481 e. The summed E-state index contributed by atoms with van der Waals surface area (Å²) in [5.41, 5.74) is -0.106. The fourth-order valence-electron chi connectivity index (χ4n) is 2.51. The van der Waals surface area contributed by atoms with Crippen LogP contribution in [0.3, 0.4) is 0 Å². The van der Waals surface area contributed by atoms with Gasteiger partial charge >= 0.3 is 0 Å². The Hall–Kier alpha value is -1.89. The molecule has 0 radical (unpaired) electrons. The van der Waals surface area contributed by atoms with Crippen molar-refractivity contribution >= 4 is 11.9 Å². The zero-order valence-corrected chi connectivity index (χ0v) is 12.9. The number of nitrogens with one attached hydrogen (secondary N) is 2. The molecule has 1 aromatic heterocycles. The number of carbonyl (C=O) groups is 1. The van der Waals surface area contributed by atoms with E-state index in [-0.39, 0.29) is 23.3 Å². The average molecular weight is 294 g/mol. The standard InChI is InChI=1S/C14H22N4O3/c1-14(2)6-5-7-15-11(14)12(19)18-13-16-9(20-3)8-10(17-13)21-4/h8,11,15H,5-7H2,1-4H3,(H,16,17,18,19). The van der Waals surface area contributed by atoms with Crippen molar-refractivity contribution < 1.29 is 14.3 Å². The molecule has 1 amide bonds. The Kier molecular flexibility index (Phi) is 4.62. The maximum Gasteiger partial charge on any atom is 0.244 e. The molecule has 1 aliphatic heterocycles. The van der Waals surface area contributed by atoms with Crippen LogP contribution < -0.4 is 20.1 Å². The quantitative estimate of drug-likeness (QED) is 0.868. The number of methoxy groups -OCH3 is 2. The van der Waals surface area contributed by atoms with Crippen LogP contribution in [0.2, 0.25) is 0 Å². The molecule has 7 nitrogen and oxygen atoms in total. The summed E-state index contributed by atoms with van der Waals surface area (Å²) in [7, 11) is 3.00. The molecular formula is C14H22N4O3. The lowest BCUT2D eigenvalue weighted by Crippen LogP contribution is -2.53. The van der Waals surface area contributed by atoms with E-state index in [0.29, 0.717) is 11.8 Å². The maximum atomic E-state index is 12.4. The number of rotatable bonds is 4. The SMILES string of the molecule is COc1cc(OC)nc(NC(=O)C2NCCCC2(C)C)n1. The van der Waals surface area contributed by atoms with Crippen molar-refractivity contribution in [2.45, 2.75) is 32.7 Å². The molecule has 2 heterocycles. The minimum atomic E-state index is -0.271. The number of amides is 1. The first-order valence-electron chi connectivity index (χ1n) is 6.97. The van der Waals surface area contributed by atoms with Gasteiger partial charge in [0, 0.05) is 0 Å². The van der Waals surface area contributed by atoms with Gasteiger partial charge in [-0.25, -0.2) is 0 Å². The molecule has 0 aromatic carbocycles. The number of aromatic nitrogens is 2. The Morgan fingerprint density at radius 2 is 1.95 bits per heavy atom. The molecule has 0 saturated carbocycles. The van der Waals surface area contributed by atoms with Crippen LogP contribution in [0.1, 0.15) is 26.7 Å². The maximum absolute atomic E-state index is 12.4. The van der Waals surface area contributed by atoms with E-state index in [2.05, 4.69) is 34.4 Å². The molecule has 0 aliphatic carbocycles. The summed E-state index contributed by atoms with van der Waals surface area (Å²) < 4.78 is 10.1. The van der Waals surface area contributed by atoms with Crippen molar-refractivity contribution in [2.75, 3.05) is 26.1 Å². The number of anilines is 1. The zero-order valence-electron chi connectivity index (χ0n) is 12.9. The molecule has 21 heavy (non-hydrogen) atoms. The van der Waals surface area contributed by atoms with E-state index >= 15 is 0 Å². The van der Waals surface area contributed by atoms with Crippen molar-refractivity contribution in [2.24, 2.45) is 5.41 Å².